The van der Waals surface area contributed by atoms with Crippen molar-refractivity contribution in [3.63, 3.8) is 0 Å². The van der Waals surface area contributed by atoms with Crippen LogP contribution in [0.1, 0.15) is 25.1 Å². The molecule has 0 aliphatic rings. The van der Waals surface area contributed by atoms with Gasteiger partial charge in [-0.15, -0.1) is 0 Å². The lowest BCUT2D eigenvalue weighted by Gasteiger charge is -2.10. The minimum absolute atomic E-state index is 0.588. The molecule has 100 valence electrons. The highest BCUT2D eigenvalue weighted by Gasteiger charge is 2.08. The van der Waals surface area contributed by atoms with E-state index in [-0.39, 0.29) is 0 Å². The standard InChI is InChI=1S/C16H21N3/c1-11(2)8-14-10-15(17-4)19-16(18-14)13-7-5-6-12(3)9-13/h5-7,9-11H,8H2,1-4H3,(H,17,18,19). The van der Waals surface area contributed by atoms with Crippen molar-refractivity contribution in [2.45, 2.75) is 27.2 Å². The van der Waals surface area contributed by atoms with E-state index in [0.29, 0.717) is 5.92 Å². The van der Waals surface area contributed by atoms with Crippen LogP contribution in [0.2, 0.25) is 0 Å². The number of anilines is 1. The van der Waals surface area contributed by atoms with Gasteiger partial charge in [-0.3, -0.25) is 0 Å². The van der Waals surface area contributed by atoms with Crippen molar-refractivity contribution in [3.05, 3.63) is 41.6 Å². The number of aryl methyl sites for hydroxylation is 1. The largest absolute Gasteiger partial charge is 0.373 e. The highest BCUT2D eigenvalue weighted by atomic mass is 15.0. The van der Waals surface area contributed by atoms with Crippen molar-refractivity contribution in [3.8, 4) is 11.4 Å². The summed E-state index contributed by atoms with van der Waals surface area (Å²) in [7, 11) is 1.89. The molecule has 0 bridgehead atoms. The fraction of sp³-hybridized carbons (Fsp3) is 0.375. The number of aromatic nitrogens is 2. The van der Waals surface area contributed by atoms with Crippen molar-refractivity contribution in [1.82, 2.24) is 9.97 Å². The molecule has 1 N–H and O–H groups in total. The molecule has 0 fully saturated rings. The average molecular weight is 255 g/mol. The first-order valence-electron chi connectivity index (χ1n) is 6.71. The summed E-state index contributed by atoms with van der Waals surface area (Å²) in [5.74, 6) is 2.26. The summed E-state index contributed by atoms with van der Waals surface area (Å²) in [5, 5.41) is 3.11. The topological polar surface area (TPSA) is 37.8 Å². The second-order valence-electron chi connectivity index (χ2n) is 5.29. The Bertz CT molecular complexity index is 562. The number of nitrogens with zero attached hydrogens (tertiary/aromatic N) is 2. The van der Waals surface area contributed by atoms with Crippen molar-refractivity contribution >= 4 is 5.82 Å². The van der Waals surface area contributed by atoms with Gasteiger partial charge in [0.2, 0.25) is 0 Å². The molecular formula is C16H21N3. The molecule has 0 radical (unpaired) electrons. The Morgan fingerprint density at radius 2 is 1.95 bits per heavy atom. The van der Waals surface area contributed by atoms with E-state index in [4.69, 9.17) is 0 Å². The molecule has 3 nitrogen and oxygen atoms in total. The number of rotatable bonds is 4. The second kappa shape index (κ2) is 5.83. The number of hydrogen-bond acceptors (Lipinski definition) is 3. The Hall–Kier alpha value is -1.90. The third kappa shape index (κ3) is 3.53. The number of hydrogen-bond donors (Lipinski definition) is 1. The zero-order valence-corrected chi connectivity index (χ0v) is 12.1. The second-order valence-corrected chi connectivity index (χ2v) is 5.29. The summed E-state index contributed by atoms with van der Waals surface area (Å²) in [6.45, 7) is 6.49. The normalized spacial score (nSPS) is 10.8. The van der Waals surface area contributed by atoms with Crippen LogP contribution in [0.5, 0.6) is 0 Å². The van der Waals surface area contributed by atoms with Gasteiger partial charge >= 0.3 is 0 Å². The Kier molecular flexibility index (Phi) is 4.15. The maximum absolute atomic E-state index is 4.68. The van der Waals surface area contributed by atoms with E-state index in [9.17, 15) is 0 Å². The van der Waals surface area contributed by atoms with Gasteiger partial charge in [-0.2, -0.15) is 0 Å². The fourth-order valence-electron chi connectivity index (χ4n) is 2.06. The molecule has 0 amide bonds. The SMILES string of the molecule is CNc1cc(CC(C)C)nc(-c2cccc(C)c2)n1. The number of benzene rings is 1. The van der Waals surface area contributed by atoms with Gasteiger partial charge in [0.25, 0.3) is 0 Å². The van der Waals surface area contributed by atoms with Crippen LogP contribution >= 0.6 is 0 Å². The molecule has 1 aromatic heterocycles. The lowest BCUT2D eigenvalue weighted by molar-refractivity contribution is 0.635. The first-order chi connectivity index (χ1) is 9.08. The van der Waals surface area contributed by atoms with Gasteiger partial charge in [-0.25, -0.2) is 9.97 Å². The van der Waals surface area contributed by atoms with Crippen molar-refractivity contribution < 1.29 is 0 Å². The summed E-state index contributed by atoms with van der Waals surface area (Å²) < 4.78 is 0. The monoisotopic (exact) mass is 255 g/mol. The molecule has 1 aromatic carbocycles. The van der Waals surface area contributed by atoms with E-state index in [0.717, 1.165) is 29.3 Å². The van der Waals surface area contributed by atoms with Gasteiger partial charge in [-0.1, -0.05) is 37.6 Å². The smallest absolute Gasteiger partial charge is 0.161 e. The minimum atomic E-state index is 0.588. The summed E-state index contributed by atoms with van der Waals surface area (Å²) in [6, 6.07) is 10.3. The molecule has 0 saturated carbocycles. The molecule has 2 aromatic rings. The third-order valence-corrected chi connectivity index (χ3v) is 2.93. The van der Waals surface area contributed by atoms with Crippen LogP contribution in [0, 0.1) is 12.8 Å². The predicted molar refractivity (Wildman–Crippen MR) is 80.3 cm³/mol. The Morgan fingerprint density at radius 3 is 2.58 bits per heavy atom. The minimum Gasteiger partial charge on any atom is -0.373 e. The molecule has 0 atom stereocenters. The van der Waals surface area contributed by atoms with E-state index >= 15 is 0 Å². The van der Waals surface area contributed by atoms with Gasteiger partial charge in [0.1, 0.15) is 5.82 Å². The molecule has 0 unspecified atom stereocenters. The van der Waals surface area contributed by atoms with Crippen LogP contribution < -0.4 is 5.32 Å². The molecular weight excluding hydrogens is 234 g/mol. The molecule has 1 heterocycles. The van der Waals surface area contributed by atoms with E-state index in [1.807, 2.05) is 19.2 Å². The maximum Gasteiger partial charge on any atom is 0.161 e. The predicted octanol–water partition coefficient (Wildman–Crippen LogP) is 3.69. The van der Waals surface area contributed by atoms with Crippen LogP contribution in [0.4, 0.5) is 5.82 Å². The van der Waals surface area contributed by atoms with Crippen LogP contribution in [0.15, 0.2) is 30.3 Å². The lowest BCUT2D eigenvalue weighted by atomic mass is 10.1. The van der Waals surface area contributed by atoms with E-state index in [2.05, 4.69) is 54.3 Å². The third-order valence-electron chi connectivity index (χ3n) is 2.93. The van der Waals surface area contributed by atoms with Gasteiger partial charge in [0, 0.05) is 24.4 Å². The zero-order chi connectivity index (χ0) is 13.8. The highest BCUT2D eigenvalue weighted by molar-refractivity contribution is 5.58. The van der Waals surface area contributed by atoms with E-state index in [1.165, 1.54) is 5.56 Å². The Labute approximate surface area is 115 Å². The summed E-state index contributed by atoms with van der Waals surface area (Å²) in [5.41, 5.74) is 3.38. The van der Waals surface area contributed by atoms with E-state index < -0.39 is 0 Å². The first-order valence-corrected chi connectivity index (χ1v) is 6.71. The van der Waals surface area contributed by atoms with Gasteiger partial charge in [0.15, 0.2) is 5.82 Å². The highest BCUT2D eigenvalue weighted by Crippen LogP contribution is 2.20. The lowest BCUT2D eigenvalue weighted by Crippen LogP contribution is -2.03. The van der Waals surface area contributed by atoms with Gasteiger partial charge in [-0.05, 0) is 25.3 Å². The fourth-order valence-corrected chi connectivity index (χ4v) is 2.06. The summed E-state index contributed by atoms with van der Waals surface area (Å²) in [4.78, 5) is 9.23. The van der Waals surface area contributed by atoms with Crippen molar-refractivity contribution in [1.29, 1.82) is 0 Å². The first kappa shape index (κ1) is 13.5. The molecule has 19 heavy (non-hydrogen) atoms. The summed E-state index contributed by atoms with van der Waals surface area (Å²) >= 11 is 0. The maximum atomic E-state index is 4.68. The van der Waals surface area contributed by atoms with Crippen LogP contribution in [0.3, 0.4) is 0 Å². The van der Waals surface area contributed by atoms with Crippen LogP contribution in [-0.4, -0.2) is 17.0 Å². The van der Waals surface area contributed by atoms with Gasteiger partial charge < -0.3 is 5.32 Å². The van der Waals surface area contributed by atoms with E-state index in [1.54, 1.807) is 0 Å². The zero-order valence-electron chi connectivity index (χ0n) is 12.1. The molecule has 2 rings (SSSR count). The van der Waals surface area contributed by atoms with Crippen LogP contribution in [-0.2, 0) is 6.42 Å². The van der Waals surface area contributed by atoms with Crippen molar-refractivity contribution in [2.24, 2.45) is 5.92 Å². The average Bonchev–Trinajstić information content (AvgIpc) is 2.37. The molecule has 0 aliphatic heterocycles. The van der Waals surface area contributed by atoms with Crippen LogP contribution in [0.25, 0.3) is 11.4 Å². The number of nitrogens with one attached hydrogen (secondary N) is 1. The Balaban J connectivity index is 2.44. The van der Waals surface area contributed by atoms with Crippen molar-refractivity contribution in [2.75, 3.05) is 12.4 Å². The molecule has 3 heteroatoms. The Morgan fingerprint density at radius 1 is 1.16 bits per heavy atom. The molecule has 0 saturated heterocycles. The molecule has 0 aliphatic carbocycles. The van der Waals surface area contributed by atoms with Gasteiger partial charge in [0.05, 0.1) is 0 Å². The quantitative estimate of drug-likeness (QED) is 0.905. The molecule has 0 spiro atoms. The summed E-state index contributed by atoms with van der Waals surface area (Å²) in [6.07, 6.45) is 0.968.